The highest BCUT2D eigenvalue weighted by molar-refractivity contribution is 7.15. The summed E-state index contributed by atoms with van der Waals surface area (Å²) < 4.78 is 5.59. The molecule has 2 aromatic heterocycles. The van der Waals surface area contributed by atoms with Crippen molar-refractivity contribution >= 4 is 22.4 Å². The normalized spacial score (nSPS) is 17.2. The first kappa shape index (κ1) is 17.9. The number of nitrogens with one attached hydrogen (secondary N) is 1. The number of likely N-dealkylation sites (N-methyl/N-ethyl adjacent to an activating group) is 1. The molecule has 1 amide bonds. The smallest absolute Gasteiger partial charge is 0.240 e. The molecule has 1 fully saturated rings. The molecule has 1 aliphatic heterocycles. The minimum absolute atomic E-state index is 0.0291. The van der Waals surface area contributed by atoms with E-state index in [0.717, 1.165) is 35.8 Å². The van der Waals surface area contributed by atoms with Crippen molar-refractivity contribution in [1.82, 2.24) is 20.1 Å². The maximum absolute atomic E-state index is 12.2. The molecule has 3 rings (SSSR count). The summed E-state index contributed by atoms with van der Waals surface area (Å²) in [5.41, 5.74) is 3.13. The van der Waals surface area contributed by atoms with Gasteiger partial charge in [0.25, 0.3) is 0 Å². The largest absolute Gasteiger partial charge is 0.371 e. The number of pyridine rings is 1. The molecule has 1 aliphatic rings. The van der Waals surface area contributed by atoms with Gasteiger partial charge in [0, 0.05) is 18.8 Å². The number of amides is 1. The highest BCUT2D eigenvalue weighted by Crippen LogP contribution is 2.31. The van der Waals surface area contributed by atoms with Gasteiger partial charge >= 0.3 is 0 Å². The molecule has 7 nitrogen and oxygen atoms in total. The van der Waals surface area contributed by atoms with Crippen LogP contribution in [-0.2, 0) is 16.1 Å². The molecular formula is C17H23N5O2S. The molecule has 0 aliphatic carbocycles. The quantitative estimate of drug-likeness (QED) is 0.851. The molecule has 0 saturated carbocycles. The molecule has 1 atom stereocenters. The number of aromatic nitrogens is 3. The third-order valence-electron chi connectivity index (χ3n) is 3.89. The molecule has 0 aromatic carbocycles. The molecule has 2 aromatic rings. The van der Waals surface area contributed by atoms with Crippen LogP contribution in [0.25, 0.3) is 0 Å². The summed E-state index contributed by atoms with van der Waals surface area (Å²) in [6.07, 6.45) is 2.04. The average Bonchev–Trinajstić information content (AvgIpc) is 3.16. The van der Waals surface area contributed by atoms with Crippen LogP contribution in [0.4, 0.5) is 5.13 Å². The number of anilines is 1. The first-order chi connectivity index (χ1) is 12.0. The third kappa shape index (κ3) is 5.04. The highest BCUT2D eigenvalue weighted by atomic mass is 32.1. The Kier molecular flexibility index (Phi) is 5.72. The molecule has 8 heteroatoms. The van der Waals surface area contributed by atoms with Crippen molar-refractivity contribution in [2.75, 3.05) is 25.5 Å². The first-order valence-corrected chi connectivity index (χ1v) is 9.19. The number of carbonyl (C=O) groups excluding carboxylic acids is 1. The second-order valence-corrected chi connectivity index (χ2v) is 7.45. The predicted molar refractivity (Wildman–Crippen MR) is 96.5 cm³/mol. The van der Waals surface area contributed by atoms with Gasteiger partial charge in [0.15, 0.2) is 0 Å². The summed E-state index contributed by atoms with van der Waals surface area (Å²) in [4.78, 5) is 18.6. The molecule has 1 N–H and O–H groups in total. The average molecular weight is 361 g/mol. The lowest BCUT2D eigenvalue weighted by molar-refractivity contribution is -0.117. The van der Waals surface area contributed by atoms with E-state index in [2.05, 4.69) is 20.5 Å². The molecule has 1 unspecified atom stereocenters. The van der Waals surface area contributed by atoms with Crippen LogP contribution in [0.1, 0.15) is 40.9 Å². The lowest BCUT2D eigenvalue weighted by Gasteiger charge is -2.15. The second-order valence-electron chi connectivity index (χ2n) is 6.44. The summed E-state index contributed by atoms with van der Waals surface area (Å²) in [7, 11) is 1.90. The van der Waals surface area contributed by atoms with Gasteiger partial charge in [-0.15, -0.1) is 10.2 Å². The van der Waals surface area contributed by atoms with Crippen LogP contribution in [0.15, 0.2) is 12.1 Å². The summed E-state index contributed by atoms with van der Waals surface area (Å²) in [5.74, 6) is -0.109. The summed E-state index contributed by atoms with van der Waals surface area (Å²) >= 11 is 1.38. The van der Waals surface area contributed by atoms with Crippen molar-refractivity contribution in [3.8, 4) is 0 Å². The zero-order valence-corrected chi connectivity index (χ0v) is 15.6. The maximum atomic E-state index is 12.2. The molecule has 1 saturated heterocycles. The Morgan fingerprint density at radius 3 is 2.96 bits per heavy atom. The third-order valence-corrected chi connectivity index (χ3v) is 4.82. The molecule has 0 spiro atoms. The van der Waals surface area contributed by atoms with Crippen LogP contribution < -0.4 is 5.32 Å². The van der Waals surface area contributed by atoms with Gasteiger partial charge in [0.2, 0.25) is 11.0 Å². The van der Waals surface area contributed by atoms with Gasteiger partial charge in [0.1, 0.15) is 11.1 Å². The maximum Gasteiger partial charge on any atom is 0.240 e. The van der Waals surface area contributed by atoms with E-state index in [1.165, 1.54) is 16.9 Å². The van der Waals surface area contributed by atoms with Crippen LogP contribution >= 0.6 is 11.3 Å². The molecular weight excluding hydrogens is 338 g/mol. The van der Waals surface area contributed by atoms with Crippen LogP contribution in [-0.4, -0.2) is 46.2 Å². The molecule has 3 heterocycles. The zero-order valence-electron chi connectivity index (χ0n) is 14.8. The van der Waals surface area contributed by atoms with Gasteiger partial charge in [-0.2, -0.15) is 0 Å². The van der Waals surface area contributed by atoms with E-state index in [-0.39, 0.29) is 18.6 Å². The Morgan fingerprint density at radius 1 is 1.40 bits per heavy atom. The van der Waals surface area contributed by atoms with Crippen molar-refractivity contribution in [3.63, 3.8) is 0 Å². The van der Waals surface area contributed by atoms with Crippen molar-refractivity contribution in [2.24, 2.45) is 0 Å². The number of carbonyl (C=O) groups is 1. The van der Waals surface area contributed by atoms with Gasteiger partial charge in [-0.3, -0.25) is 20.0 Å². The molecule has 0 radical (unpaired) electrons. The zero-order chi connectivity index (χ0) is 17.8. The van der Waals surface area contributed by atoms with Crippen molar-refractivity contribution < 1.29 is 9.53 Å². The van der Waals surface area contributed by atoms with E-state index >= 15 is 0 Å². The monoisotopic (exact) mass is 361 g/mol. The summed E-state index contributed by atoms with van der Waals surface area (Å²) in [5, 5.41) is 12.3. The molecule has 0 bridgehead atoms. The fraction of sp³-hybridized carbons (Fsp3) is 0.529. The number of hydrogen-bond donors (Lipinski definition) is 1. The van der Waals surface area contributed by atoms with Crippen molar-refractivity contribution in [1.29, 1.82) is 0 Å². The van der Waals surface area contributed by atoms with E-state index in [0.29, 0.717) is 11.7 Å². The van der Waals surface area contributed by atoms with E-state index in [1.807, 2.05) is 37.9 Å². The first-order valence-electron chi connectivity index (χ1n) is 8.37. The van der Waals surface area contributed by atoms with E-state index in [9.17, 15) is 4.79 Å². The Balaban J connectivity index is 1.51. The standard InChI is InChI=1S/C17H23N5O2S/c1-11-7-12(2)18-13(8-11)9-22(3)10-15(23)19-17-21-20-16(25-17)14-5-4-6-24-14/h7-8,14H,4-6,9-10H2,1-3H3,(H,19,21,23). The van der Waals surface area contributed by atoms with Crippen LogP contribution in [0.2, 0.25) is 0 Å². The van der Waals surface area contributed by atoms with Crippen molar-refractivity contribution in [2.45, 2.75) is 39.3 Å². The summed E-state index contributed by atoms with van der Waals surface area (Å²) in [6, 6.07) is 4.08. The number of hydrogen-bond acceptors (Lipinski definition) is 7. The SMILES string of the molecule is Cc1cc(C)nc(CN(C)CC(=O)Nc2nnc(C3CCCO3)s2)c1. The number of nitrogens with zero attached hydrogens (tertiary/aromatic N) is 4. The Labute approximate surface area is 151 Å². The lowest BCUT2D eigenvalue weighted by Crippen LogP contribution is -2.30. The topological polar surface area (TPSA) is 80.2 Å². The Hall–Kier alpha value is -1.90. The fourth-order valence-electron chi connectivity index (χ4n) is 2.93. The van der Waals surface area contributed by atoms with E-state index in [1.54, 1.807) is 0 Å². The number of rotatable bonds is 6. The highest BCUT2D eigenvalue weighted by Gasteiger charge is 2.22. The van der Waals surface area contributed by atoms with E-state index in [4.69, 9.17) is 4.74 Å². The van der Waals surface area contributed by atoms with Gasteiger partial charge in [0.05, 0.1) is 12.2 Å². The second kappa shape index (κ2) is 7.99. The lowest BCUT2D eigenvalue weighted by atomic mass is 10.2. The van der Waals surface area contributed by atoms with Crippen LogP contribution in [0, 0.1) is 13.8 Å². The van der Waals surface area contributed by atoms with Gasteiger partial charge in [-0.25, -0.2) is 0 Å². The molecule has 134 valence electrons. The molecule has 25 heavy (non-hydrogen) atoms. The van der Waals surface area contributed by atoms with Crippen LogP contribution in [0.3, 0.4) is 0 Å². The van der Waals surface area contributed by atoms with Crippen LogP contribution in [0.5, 0.6) is 0 Å². The van der Waals surface area contributed by atoms with Gasteiger partial charge < -0.3 is 4.74 Å². The Bertz CT molecular complexity index is 722. The van der Waals surface area contributed by atoms with Gasteiger partial charge in [-0.1, -0.05) is 11.3 Å². The Morgan fingerprint density at radius 2 is 2.24 bits per heavy atom. The van der Waals surface area contributed by atoms with Crippen molar-refractivity contribution in [3.05, 3.63) is 34.1 Å². The van der Waals surface area contributed by atoms with E-state index < -0.39 is 0 Å². The predicted octanol–water partition coefficient (Wildman–Crippen LogP) is 2.47. The fourth-order valence-corrected chi connectivity index (χ4v) is 3.77. The minimum Gasteiger partial charge on any atom is -0.371 e. The number of ether oxygens (including phenoxy) is 1. The minimum atomic E-state index is -0.109. The summed E-state index contributed by atoms with van der Waals surface area (Å²) in [6.45, 7) is 5.68. The van der Waals surface area contributed by atoms with Gasteiger partial charge in [-0.05, 0) is 51.4 Å². The number of aryl methyl sites for hydroxylation is 2.